The molecule has 1 aromatic heterocycles. The number of rotatable bonds is 8. The minimum Gasteiger partial charge on any atom is -0.323 e. The molecule has 2 heteroatoms. The Hall–Kier alpha value is -0.600. The van der Waals surface area contributed by atoms with Crippen LogP contribution in [0.2, 0.25) is 0 Å². The van der Waals surface area contributed by atoms with Gasteiger partial charge in [-0.3, -0.25) is 0 Å². The number of nitrogens with two attached hydrogens (primary N) is 1. The molecular weight excluding hydrogens is 214 g/mol. The summed E-state index contributed by atoms with van der Waals surface area (Å²) in [4.78, 5) is 1.39. The van der Waals surface area contributed by atoms with Crippen molar-refractivity contribution in [1.29, 1.82) is 0 Å². The molecule has 1 rings (SSSR count). The van der Waals surface area contributed by atoms with Crippen LogP contribution in [0.15, 0.2) is 24.1 Å². The first-order valence-electron chi connectivity index (χ1n) is 6.22. The van der Waals surface area contributed by atoms with E-state index in [9.17, 15) is 0 Å². The molecule has 0 radical (unpaired) electrons. The van der Waals surface area contributed by atoms with Crippen molar-refractivity contribution in [3.8, 4) is 0 Å². The van der Waals surface area contributed by atoms with E-state index in [0.29, 0.717) is 0 Å². The van der Waals surface area contributed by atoms with Crippen molar-refractivity contribution in [3.05, 3.63) is 34.5 Å². The predicted octanol–water partition coefficient (Wildman–Crippen LogP) is 4.45. The van der Waals surface area contributed by atoms with Gasteiger partial charge >= 0.3 is 0 Å². The summed E-state index contributed by atoms with van der Waals surface area (Å²) in [6, 6.07) is 2.45. The molecule has 1 aromatic rings. The Morgan fingerprint density at radius 3 is 2.94 bits per heavy atom. The summed E-state index contributed by atoms with van der Waals surface area (Å²) in [5.41, 5.74) is 7.65. The molecule has 1 heterocycles. The molecule has 16 heavy (non-hydrogen) atoms. The third-order valence-corrected chi connectivity index (χ3v) is 4.01. The van der Waals surface area contributed by atoms with E-state index in [1.54, 1.807) is 0 Å². The van der Waals surface area contributed by atoms with Crippen LogP contribution in [0.1, 0.15) is 55.5 Å². The lowest BCUT2D eigenvalue weighted by Gasteiger charge is -2.11. The van der Waals surface area contributed by atoms with E-state index in [0.717, 1.165) is 19.3 Å². The lowest BCUT2D eigenvalue weighted by molar-refractivity contribution is 0.575. The summed E-state index contributed by atoms with van der Waals surface area (Å²) in [5.74, 6) is 0. The second-order valence-corrected chi connectivity index (χ2v) is 5.14. The topological polar surface area (TPSA) is 26.0 Å². The van der Waals surface area contributed by atoms with Gasteiger partial charge in [0, 0.05) is 10.9 Å². The Morgan fingerprint density at radius 2 is 2.25 bits per heavy atom. The summed E-state index contributed by atoms with van der Waals surface area (Å²) in [6.07, 6.45) is 9.10. The van der Waals surface area contributed by atoms with E-state index in [4.69, 9.17) is 5.73 Å². The van der Waals surface area contributed by atoms with Gasteiger partial charge in [-0.25, -0.2) is 0 Å². The summed E-state index contributed by atoms with van der Waals surface area (Å²) < 4.78 is 0. The van der Waals surface area contributed by atoms with E-state index in [1.165, 1.54) is 29.7 Å². The fourth-order valence-corrected chi connectivity index (χ4v) is 2.96. The van der Waals surface area contributed by atoms with Crippen LogP contribution in [-0.4, -0.2) is 0 Å². The summed E-state index contributed by atoms with van der Waals surface area (Å²) in [6.45, 7) is 5.93. The van der Waals surface area contributed by atoms with Gasteiger partial charge < -0.3 is 5.73 Å². The van der Waals surface area contributed by atoms with E-state index in [1.807, 2.05) is 17.4 Å². The number of allylic oxidation sites excluding steroid dienone is 1. The second kappa shape index (κ2) is 7.64. The van der Waals surface area contributed by atoms with Crippen LogP contribution < -0.4 is 5.73 Å². The third-order valence-electron chi connectivity index (χ3n) is 2.92. The quantitative estimate of drug-likeness (QED) is 0.525. The minimum absolute atomic E-state index is 0.249. The van der Waals surface area contributed by atoms with Crippen LogP contribution in [0.25, 0.3) is 0 Å². The van der Waals surface area contributed by atoms with Crippen molar-refractivity contribution in [1.82, 2.24) is 0 Å². The van der Waals surface area contributed by atoms with Crippen molar-refractivity contribution in [2.75, 3.05) is 0 Å². The van der Waals surface area contributed by atoms with Gasteiger partial charge in [0.05, 0.1) is 0 Å². The highest BCUT2D eigenvalue weighted by Crippen LogP contribution is 2.27. The lowest BCUT2D eigenvalue weighted by atomic mass is 10.0. The van der Waals surface area contributed by atoms with E-state index in [2.05, 4.69) is 24.9 Å². The first-order valence-corrected chi connectivity index (χ1v) is 7.10. The third kappa shape index (κ3) is 4.11. The van der Waals surface area contributed by atoms with Crippen molar-refractivity contribution >= 4 is 11.3 Å². The van der Waals surface area contributed by atoms with Gasteiger partial charge in [0.15, 0.2) is 0 Å². The zero-order chi connectivity index (χ0) is 11.8. The Balaban J connectivity index is 2.29. The molecular formula is C14H23NS. The molecule has 0 fully saturated rings. The van der Waals surface area contributed by atoms with Crippen molar-refractivity contribution in [2.24, 2.45) is 5.73 Å². The monoisotopic (exact) mass is 237 g/mol. The van der Waals surface area contributed by atoms with Crippen LogP contribution in [0, 0.1) is 0 Å². The van der Waals surface area contributed by atoms with Crippen molar-refractivity contribution in [2.45, 2.75) is 51.5 Å². The van der Waals surface area contributed by atoms with Crippen LogP contribution >= 0.6 is 11.3 Å². The van der Waals surface area contributed by atoms with Crippen molar-refractivity contribution in [3.63, 3.8) is 0 Å². The Morgan fingerprint density at radius 1 is 1.44 bits per heavy atom. The number of thiophene rings is 1. The average molecular weight is 237 g/mol. The van der Waals surface area contributed by atoms with E-state index in [-0.39, 0.29) is 6.04 Å². The number of aryl methyl sites for hydroxylation is 1. The highest BCUT2D eigenvalue weighted by molar-refractivity contribution is 7.10. The highest BCUT2D eigenvalue weighted by Gasteiger charge is 2.10. The molecule has 0 aliphatic carbocycles. The van der Waals surface area contributed by atoms with Crippen LogP contribution in [0.3, 0.4) is 0 Å². The molecule has 0 saturated carbocycles. The van der Waals surface area contributed by atoms with Crippen molar-refractivity contribution < 1.29 is 0 Å². The summed E-state index contributed by atoms with van der Waals surface area (Å²) in [7, 11) is 0. The molecule has 0 bridgehead atoms. The highest BCUT2D eigenvalue weighted by atomic mass is 32.1. The first-order chi connectivity index (χ1) is 7.79. The van der Waals surface area contributed by atoms with Crippen LogP contribution in [-0.2, 0) is 6.42 Å². The van der Waals surface area contributed by atoms with Gasteiger partial charge in [-0.1, -0.05) is 25.8 Å². The van der Waals surface area contributed by atoms with Crippen LogP contribution in [0.5, 0.6) is 0 Å². The predicted molar refractivity (Wildman–Crippen MR) is 73.9 cm³/mol. The van der Waals surface area contributed by atoms with E-state index < -0.39 is 0 Å². The number of hydrogen-bond donors (Lipinski definition) is 1. The lowest BCUT2D eigenvalue weighted by Crippen LogP contribution is -2.10. The summed E-state index contributed by atoms with van der Waals surface area (Å²) >= 11 is 1.81. The molecule has 0 amide bonds. The molecule has 0 spiro atoms. The van der Waals surface area contributed by atoms with Crippen LogP contribution in [0.4, 0.5) is 0 Å². The van der Waals surface area contributed by atoms with Gasteiger partial charge in [-0.2, -0.15) is 0 Å². The van der Waals surface area contributed by atoms with Gasteiger partial charge in [-0.05, 0) is 42.7 Å². The summed E-state index contributed by atoms with van der Waals surface area (Å²) in [5, 5.41) is 2.16. The maximum atomic E-state index is 6.22. The zero-order valence-corrected chi connectivity index (χ0v) is 11.1. The molecule has 2 N–H and O–H groups in total. The fraction of sp³-hybridized carbons (Fsp3) is 0.571. The first kappa shape index (κ1) is 13.5. The van der Waals surface area contributed by atoms with Gasteiger partial charge in [-0.15, -0.1) is 17.9 Å². The molecule has 0 saturated heterocycles. The Bertz CT molecular complexity index is 303. The second-order valence-electron chi connectivity index (χ2n) is 4.20. The van der Waals surface area contributed by atoms with Gasteiger partial charge in [0.1, 0.15) is 0 Å². The molecule has 0 aliphatic rings. The molecule has 0 aromatic carbocycles. The largest absolute Gasteiger partial charge is 0.323 e. The normalized spacial score (nSPS) is 12.6. The molecule has 90 valence electrons. The number of hydrogen-bond acceptors (Lipinski definition) is 2. The molecule has 1 unspecified atom stereocenters. The van der Waals surface area contributed by atoms with Gasteiger partial charge in [0.25, 0.3) is 0 Å². The SMILES string of the molecule is C=CCCCCCC(N)c1sccc1CC. The smallest absolute Gasteiger partial charge is 0.0392 e. The van der Waals surface area contributed by atoms with E-state index >= 15 is 0 Å². The standard InChI is InChI=1S/C14H23NS/c1-3-5-6-7-8-9-13(15)14-12(4-2)10-11-16-14/h3,10-11,13H,1,4-9,15H2,2H3. The Kier molecular flexibility index (Phi) is 6.43. The molecule has 0 aliphatic heterocycles. The fourth-order valence-electron chi connectivity index (χ4n) is 1.93. The van der Waals surface area contributed by atoms with Gasteiger partial charge in [0.2, 0.25) is 0 Å². The maximum absolute atomic E-state index is 6.22. The zero-order valence-electron chi connectivity index (χ0n) is 10.2. The maximum Gasteiger partial charge on any atom is 0.0392 e. The average Bonchev–Trinajstić information content (AvgIpc) is 2.76. The number of unbranched alkanes of at least 4 members (excludes halogenated alkanes) is 3. The minimum atomic E-state index is 0.249. The Labute approximate surface area is 103 Å². The molecule has 1 atom stereocenters. The molecule has 1 nitrogen and oxygen atoms in total.